The zero-order valence-electron chi connectivity index (χ0n) is 18.2. The maximum atomic E-state index is 12.4. The molecule has 1 heterocycles. The summed E-state index contributed by atoms with van der Waals surface area (Å²) in [4.78, 5) is 38.5. The lowest BCUT2D eigenvalue weighted by atomic mass is 10.1. The normalized spacial score (nSPS) is 15.7. The van der Waals surface area contributed by atoms with Crippen molar-refractivity contribution in [3.05, 3.63) is 59.7 Å². The van der Waals surface area contributed by atoms with Crippen LogP contribution in [0.5, 0.6) is 0 Å². The Morgan fingerprint density at radius 2 is 1.71 bits per heavy atom. The highest BCUT2D eigenvalue weighted by Gasteiger charge is 2.36. The number of aryl methyl sites for hydroxylation is 2. The minimum atomic E-state index is -0.566. The molecule has 0 bridgehead atoms. The number of unbranched alkanes of at least 4 members (excludes halogenated alkanes) is 1. The van der Waals surface area contributed by atoms with E-state index in [1.54, 1.807) is 4.90 Å². The van der Waals surface area contributed by atoms with Crippen molar-refractivity contribution in [1.29, 1.82) is 0 Å². The molecule has 1 N–H and O–H groups in total. The van der Waals surface area contributed by atoms with Crippen molar-refractivity contribution in [1.82, 2.24) is 0 Å². The fourth-order valence-electron chi connectivity index (χ4n) is 3.61. The van der Waals surface area contributed by atoms with Crippen LogP contribution in [0.2, 0.25) is 0 Å². The van der Waals surface area contributed by atoms with Crippen LogP contribution in [0.3, 0.4) is 0 Å². The second-order valence-corrected chi connectivity index (χ2v) is 7.88. The Labute approximate surface area is 183 Å². The molecule has 2 aromatic carbocycles. The molecule has 0 radical (unpaired) electrons. The van der Waals surface area contributed by atoms with Gasteiger partial charge in [-0.3, -0.25) is 14.4 Å². The van der Waals surface area contributed by atoms with E-state index >= 15 is 0 Å². The number of carbonyl (C=O) groups is 3. The van der Waals surface area contributed by atoms with Crippen LogP contribution in [0, 0.1) is 5.92 Å². The van der Waals surface area contributed by atoms with E-state index in [1.807, 2.05) is 48.5 Å². The van der Waals surface area contributed by atoms with Gasteiger partial charge in [0.05, 0.1) is 5.92 Å². The minimum absolute atomic E-state index is 0.0938. The van der Waals surface area contributed by atoms with Gasteiger partial charge >= 0.3 is 5.97 Å². The quantitative estimate of drug-likeness (QED) is 0.617. The van der Waals surface area contributed by atoms with E-state index in [-0.39, 0.29) is 25.5 Å². The van der Waals surface area contributed by atoms with Gasteiger partial charge in [0.2, 0.25) is 5.91 Å². The molecule has 31 heavy (non-hydrogen) atoms. The third-order valence-electron chi connectivity index (χ3n) is 5.52. The van der Waals surface area contributed by atoms with Gasteiger partial charge in [0.1, 0.15) is 0 Å². The minimum Gasteiger partial charge on any atom is -0.455 e. The fraction of sp³-hybridized carbons (Fsp3) is 0.400. The van der Waals surface area contributed by atoms with Gasteiger partial charge in [0.25, 0.3) is 5.91 Å². The molecule has 0 spiro atoms. The number of amides is 2. The largest absolute Gasteiger partial charge is 0.455 e. The van der Waals surface area contributed by atoms with Gasteiger partial charge < -0.3 is 15.0 Å². The molecule has 1 atom stereocenters. The Kier molecular flexibility index (Phi) is 7.82. The fourth-order valence-corrected chi connectivity index (χ4v) is 3.61. The molecule has 3 rings (SSSR count). The molecule has 0 aromatic heterocycles. The van der Waals surface area contributed by atoms with Gasteiger partial charge in [-0.05, 0) is 54.7 Å². The average Bonchev–Trinajstić information content (AvgIpc) is 3.18. The number of esters is 1. The van der Waals surface area contributed by atoms with Gasteiger partial charge in [-0.2, -0.15) is 0 Å². The van der Waals surface area contributed by atoms with E-state index in [1.165, 1.54) is 11.1 Å². The second kappa shape index (κ2) is 10.8. The molecule has 2 aromatic rings. The van der Waals surface area contributed by atoms with Crippen LogP contribution < -0.4 is 10.2 Å². The number of anilines is 2. The monoisotopic (exact) mass is 422 g/mol. The number of nitrogens with one attached hydrogen (secondary N) is 1. The molecular formula is C25H30N2O4. The van der Waals surface area contributed by atoms with Crippen molar-refractivity contribution in [2.45, 2.75) is 46.0 Å². The van der Waals surface area contributed by atoms with Crippen molar-refractivity contribution < 1.29 is 19.1 Å². The Morgan fingerprint density at radius 1 is 1.03 bits per heavy atom. The van der Waals surface area contributed by atoms with Gasteiger partial charge in [-0.25, -0.2) is 0 Å². The Bertz CT molecular complexity index is 906. The number of hydrogen-bond donors (Lipinski definition) is 1. The highest BCUT2D eigenvalue weighted by Crippen LogP contribution is 2.26. The maximum absolute atomic E-state index is 12.4. The summed E-state index contributed by atoms with van der Waals surface area (Å²) in [7, 11) is 0. The molecule has 1 aliphatic rings. The van der Waals surface area contributed by atoms with Crippen LogP contribution in [0.15, 0.2) is 48.5 Å². The number of carbonyl (C=O) groups excluding carboxylic acids is 3. The first-order valence-electron chi connectivity index (χ1n) is 10.9. The van der Waals surface area contributed by atoms with Crippen LogP contribution in [0.1, 0.15) is 44.2 Å². The van der Waals surface area contributed by atoms with Crippen molar-refractivity contribution >= 4 is 29.2 Å². The molecule has 164 valence electrons. The topological polar surface area (TPSA) is 75.7 Å². The number of rotatable bonds is 9. The number of nitrogens with zero attached hydrogens (tertiary/aromatic N) is 1. The number of ether oxygens (including phenoxy) is 1. The van der Waals surface area contributed by atoms with Crippen molar-refractivity contribution in [2.24, 2.45) is 5.92 Å². The Morgan fingerprint density at radius 3 is 2.35 bits per heavy atom. The first-order valence-corrected chi connectivity index (χ1v) is 10.9. The van der Waals surface area contributed by atoms with E-state index in [0.717, 1.165) is 31.4 Å². The maximum Gasteiger partial charge on any atom is 0.311 e. The van der Waals surface area contributed by atoms with E-state index in [0.29, 0.717) is 5.69 Å². The lowest BCUT2D eigenvalue weighted by Gasteiger charge is -2.17. The molecule has 1 saturated heterocycles. The summed E-state index contributed by atoms with van der Waals surface area (Å²) >= 11 is 0. The first kappa shape index (κ1) is 22.5. The summed E-state index contributed by atoms with van der Waals surface area (Å²) in [6.45, 7) is 4.12. The van der Waals surface area contributed by atoms with Gasteiger partial charge in [0, 0.05) is 24.3 Å². The van der Waals surface area contributed by atoms with Crippen LogP contribution in [0.4, 0.5) is 11.4 Å². The summed E-state index contributed by atoms with van der Waals surface area (Å²) < 4.78 is 5.17. The molecule has 0 unspecified atom stereocenters. The molecule has 1 fully saturated rings. The van der Waals surface area contributed by atoms with Crippen LogP contribution in [0.25, 0.3) is 0 Å². The molecule has 0 saturated carbocycles. The molecule has 1 aliphatic heterocycles. The first-order chi connectivity index (χ1) is 15.0. The third-order valence-corrected chi connectivity index (χ3v) is 5.52. The highest BCUT2D eigenvalue weighted by atomic mass is 16.5. The van der Waals surface area contributed by atoms with Crippen molar-refractivity contribution in [3.63, 3.8) is 0 Å². The number of hydrogen-bond acceptors (Lipinski definition) is 4. The van der Waals surface area contributed by atoms with Gasteiger partial charge in [-0.1, -0.05) is 44.5 Å². The van der Waals surface area contributed by atoms with E-state index in [9.17, 15) is 14.4 Å². The third kappa shape index (κ3) is 6.17. The molecule has 6 heteroatoms. The summed E-state index contributed by atoms with van der Waals surface area (Å²) in [5.74, 6) is -1.60. The lowest BCUT2D eigenvalue weighted by molar-refractivity contribution is -0.151. The van der Waals surface area contributed by atoms with Crippen LogP contribution in [-0.4, -0.2) is 30.9 Å². The van der Waals surface area contributed by atoms with Crippen molar-refractivity contribution in [2.75, 3.05) is 23.4 Å². The van der Waals surface area contributed by atoms with E-state index in [4.69, 9.17) is 4.74 Å². The van der Waals surface area contributed by atoms with E-state index < -0.39 is 17.8 Å². The smallest absolute Gasteiger partial charge is 0.311 e. The van der Waals surface area contributed by atoms with E-state index in [2.05, 4.69) is 19.2 Å². The molecule has 2 amide bonds. The predicted molar refractivity (Wildman–Crippen MR) is 121 cm³/mol. The summed E-state index contributed by atoms with van der Waals surface area (Å²) in [6.07, 6.45) is 4.31. The zero-order valence-corrected chi connectivity index (χ0v) is 18.2. The molecule has 0 aliphatic carbocycles. The zero-order chi connectivity index (χ0) is 22.2. The summed E-state index contributed by atoms with van der Waals surface area (Å²) in [5.41, 5.74) is 3.86. The Hall–Kier alpha value is -3.15. The standard InChI is InChI=1S/C25H30N2O4/c1-3-5-6-19-9-13-22(14-10-19)27-16-20(15-24(27)29)25(30)31-17-23(28)26-21-11-7-18(4-2)8-12-21/h7-14,20H,3-6,15-17H2,1-2H3,(H,26,28)/t20-/m1/s1. The Balaban J connectivity index is 1.48. The predicted octanol–water partition coefficient (Wildman–Crippen LogP) is 4.13. The average molecular weight is 423 g/mol. The van der Waals surface area contributed by atoms with Crippen LogP contribution >= 0.6 is 0 Å². The molecule has 6 nitrogen and oxygen atoms in total. The van der Waals surface area contributed by atoms with Crippen LogP contribution in [-0.2, 0) is 32.0 Å². The lowest BCUT2D eigenvalue weighted by Crippen LogP contribution is -2.28. The summed E-state index contributed by atoms with van der Waals surface area (Å²) in [6, 6.07) is 15.4. The second-order valence-electron chi connectivity index (χ2n) is 7.88. The van der Waals surface area contributed by atoms with Gasteiger partial charge in [-0.15, -0.1) is 0 Å². The number of benzene rings is 2. The SMILES string of the molecule is CCCCc1ccc(N2C[C@H](C(=O)OCC(=O)Nc3ccc(CC)cc3)CC2=O)cc1. The highest BCUT2D eigenvalue weighted by molar-refractivity contribution is 6.00. The van der Waals surface area contributed by atoms with Gasteiger partial charge in [0.15, 0.2) is 6.61 Å². The van der Waals surface area contributed by atoms with Crippen molar-refractivity contribution in [3.8, 4) is 0 Å². The molecular weight excluding hydrogens is 392 g/mol. The summed E-state index contributed by atoms with van der Waals surface area (Å²) in [5, 5.41) is 2.71.